The van der Waals surface area contributed by atoms with Crippen LogP contribution in [-0.4, -0.2) is 0 Å². The summed E-state index contributed by atoms with van der Waals surface area (Å²) in [5.74, 6) is 0. The first-order valence-corrected chi connectivity index (χ1v) is 13.5. The fourth-order valence-corrected chi connectivity index (χ4v) is 6.26. The second-order valence-corrected chi connectivity index (χ2v) is 10.2. The van der Waals surface area contributed by atoms with Crippen LogP contribution in [0, 0.1) is 0 Å². The minimum absolute atomic E-state index is 0.0285. The quantitative estimate of drug-likeness (QED) is 0.207. The summed E-state index contributed by atoms with van der Waals surface area (Å²) in [5, 5.41) is 8.75. The highest BCUT2D eigenvalue weighted by atomic mass is 14.2. The van der Waals surface area contributed by atoms with Gasteiger partial charge in [-0.2, -0.15) is 0 Å². The van der Waals surface area contributed by atoms with Crippen molar-refractivity contribution in [3.05, 3.63) is 158 Å². The van der Waals surface area contributed by atoms with Gasteiger partial charge in [-0.1, -0.05) is 152 Å². The Labute approximate surface area is 239 Å². The van der Waals surface area contributed by atoms with Crippen molar-refractivity contribution >= 4 is 43.1 Å². The van der Waals surface area contributed by atoms with E-state index in [9.17, 15) is 0 Å². The van der Waals surface area contributed by atoms with Gasteiger partial charge < -0.3 is 0 Å². The Balaban J connectivity index is 1.46. The number of hydrogen-bond acceptors (Lipinski definition) is 0. The second kappa shape index (κ2) is 9.22. The average molecular weight is 511 g/mol. The second-order valence-electron chi connectivity index (χ2n) is 10.2. The molecule has 40 heavy (non-hydrogen) atoms. The molecule has 0 bridgehead atoms. The van der Waals surface area contributed by atoms with E-state index in [0.29, 0.717) is 5.56 Å². The van der Waals surface area contributed by atoms with Crippen molar-refractivity contribution in [2.24, 2.45) is 0 Å². The summed E-state index contributed by atoms with van der Waals surface area (Å²) >= 11 is 0. The summed E-state index contributed by atoms with van der Waals surface area (Å²) in [7, 11) is 0. The first kappa shape index (κ1) is 19.0. The van der Waals surface area contributed by atoms with Gasteiger partial charge in [0, 0.05) is 0 Å². The van der Waals surface area contributed by atoms with Crippen LogP contribution >= 0.6 is 0 Å². The lowest BCUT2D eigenvalue weighted by Gasteiger charge is -2.19. The molecule has 0 nitrogen and oxygen atoms in total. The monoisotopic (exact) mass is 510 g/mol. The van der Waals surface area contributed by atoms with Crippen LogP contribution in [0.1, 0.15) is 5.48 Å². The molecule has 0 aliphatic rings. The fourth-order valence-electron chi connectivity index (χ4n) is 6.26. The van der Waals surface area contributed by atoms with E-state index in [4.69, 9.17) is 5.48 Å². The minimum atomic E-state index is -0.222. The fraction of sp³-hybridized carbons (Fsp3) is 0. The Morgan fingerprint density at radius 3 is 1.65 bits per heavy atom. The lowest BCUT2D eigenvalue weighted by molar-refractivity contribution is 1.65. The zero-order chi connectivity index (χ0) is 29.9. The molecule has 8 rings (SSSR count). The highest BCUT2D eigenvalue weighted by Gasteiger charge is 2.18. The summed E-state index contributed by atoms with van der Waals surface area (Å²) < 4.78 is 33.7. The van der Waals surface area contributed by atoms with Gasteiger partial charge in [-0.05, 0) is 82.5 Å². The molecule has 0 N–H and O–H groups in total. The molecule has 0 aromatic heterocycles. The van der Waals surface area contributed by atoms with E-state index in [1.807, 2.05) is 24.3 Å². The molecule has 0 aliphatic heterocycles. The van der Waals surface area contributed by atoms with Crippen LogP contribution in [0.5, 0.6) is 0 Å². The maximum Gasteiger partial charge on any atom is 0.0629 e. The molecule has 0 heteroatoms. The molecular formula is C40H26. The molecule has 0 atom stereocenters. The number of fused-ring (bicyclic) bond motifs is 4. The molecule has 0 fully saturated rings. The Bertz CT molecular complexity index is 2380. The van der Waals surface area contributed by atoms with Gasteiger partial charge in [-0.15, -0.1) is 0 Å². The van der Waals surface area contributed by atoms with Crippen molar-refractivity contribution in [1.29, 1.82) is 0 Å². The molecule has 0 spiro atoms. The molecule has 0 saturated heterocycles. The third-order valence-electron chi connectivity index (χ3n) is 8.00. The van der Waals surface area contributed by atoms with Gasteiger partial charge in [0.2, 0.25) is 0 Å². The summed E-state index contributed by atoms with van der Waals surface area (Å²) in [6.07, 6.45) is 0. The van der Waals surface area contributed by atoms with Crippen LogP contribution in [0.2, 0.25) is 0 Å². The van der Waals surface area contributed by atoms with Crippen LogP contribution in [0.3, 0.4) is 0 Å². The maximum atomic E-state index is 8.81. The topological polar surface area (TPSA) is 0 Å². The zero-order valence-electron chi connectivity index (χ0n) is 25.7. The van der Waals surface area contributed by atoms with Crippen molar-refractivity contribution in [1.82, 2.24) is 0 Å². The summed E-state index contributed by atoms with van der Waals surface area (Å²) in [6, 6.07) is 45.6. The molecule has 0 radical (unpaired) electrons. The third kappa shape index (κ3) is 3.54. The summed E-state index contributed by atoms with van der Waals surface area (Å²) in [6.45, 7) is 0. The van der Waals surface area contributed by atoms with Gasteiger partial charge in [0.05, 0.1) is 5.48 Å². The van der Waals surface area contributed by atoms with Gasteiger partial charge in [-0.25, -0.2) is 0 Å². The summed E-state index contributed by atoms with van der Waals surface area (Å²) in [4.78, 5) is 0. The molecule has 0 aliphatic carbocycles. The summed E-state index contributed by atoms with van der Waals surface area (Å²) in [5.41, 5.74) is 5.92. The van der Waals surface area contributed by atoms with E-state index in [1.54, 1.807) is 6.07 Å². The number of benzene rings is 8. The largest absolute Gasteiger partial charge is 0.0629 e. The van der Waals surface area contributed by atoms with Gasteiger partial charge in [0.1, 0.15) is 0 Å². The van der Waals surface area contributed by atoms with Crippen LogP contribution in [0.15, 0.2) is 158 Å². The third-order valence-corrected chi connectivity index (χ3v) is 8.00. The number of hydrogen-bond donors (Lipinski definition) is 0. The van der Waals surface area contributed by atoms with Crippen LogP contribution in [0.25, 0.3) is 76.5 Å². The van der Waals surface area contributed by atoms with Crippen molar-refractivity contribution in [2.75, 3.05) is 0 Å². The van der Waals surface area contributed by atoms with Crippen molar-refractivity contribution in [2.45, 2.75) is 0 Å². The van der Waals surface area contributed by atoms with Crippen LogP contribution in [-0.2, 0) is 0 Å². The predicted octanol–water partition coefficient (Wildman–Crippen LogP) is 11.3. The maximum absolute atomic E-state index is 8.81. The molecule has 8 aromatic rings. The highest BCUT2D eigenvalue weighted by molar-refractivity contribution is 6.24. The van der Waals surface area contributed by atoms with E-state index in [1.165, 1.54) is 27.3 Å². The molecule has 0 heterocycles. The molecular weight excluding hydrogens is 480 g/mol. The Hall–Kier alpha value is -5.20. The van der Waals surface area contributed by atoms with E-state index in [-0.39, 0.29) is 24.2 Å². The Kier molecular flexibility index (Phi) is 4.37. The first-order valence-electron chi connectivity index (χ1n) is 15.5. The molecule has 0 unspecified atom stereocenters. The van der Waals surface area contributed by atoms with Gasteiger partial charge >= 0.3 is 0 Å². The smallest absolute Gasteiger partial charge is 0.0622 e. The first-order chi connectivity index (χ1) is 21.5. The van der Waals surface area contributed by atoms with Crippen molar-refractivity contribution in [3.8, 4) is 33.4 Å². The van der Waals surface area contributed by atoms with E-state index < -0.39 is 0 Å². The molecule has 0 saturated carbocycles. The average Bonchev–Trinajstić information content (AvgIpc) is 3.07. The molecule has 0 amide bonds. The molecule has 8 aromatic carbocycles. The number of rotatable bonds is 3. The normalized spacial score (nSPS) is 12.9. The zero-order valence-corrected chi connectivity index (χ0v) is 21.7. The SMILES string of the molecule is [2H]c1cc(-c2c3ccccc3c(-c3cccc4c(-c5ccc6ccccc6c5)cccc34)c3ccccc23)c([2H])c([2H])c1[2H]. The van der Waals surface area contributed by atoms with E-state index >= 15 is 0 Å². The Morgan fingerprint density at radius 1 is 0.350 bits per heavy atom. The van der Waals surface area contributed by atoms with Gasteiger partial charge in [-0.3, -0.25) is 0 Å². The van der Waals surface area contributed by atoms with Crippen LogP contribution in [0.4, 0.5) is 0 Å². The minimum Gasteiger partial charge on any atom is -0.0622 e. The lowest BCUT2D eigenvalue weighted by Crippen LogP contribution is -1.92. The standard InChI is InChI=1S/C40H26/c1-2-13-28(14-3-1)39-35-16-6-8-18-37(35)40(38-19-9-7-17-36(38)39)34-23-11-21-32-31(20-10-22-33(32)34)30-25-24-27-12-4-5-15-29(27)26-30/h1-26H/i1D,2D,3D,13D. The van der Waals surface area contributed by atoms with Gasteiger partial charge in [0.15, 0.2) is 0 Å². The molecule has 186 valence electrons. The lowest BCUT2D eigenvalue weighted by atomic mass is 9.84. The van der Waals surface area contributed by atoms with Crippen molar-refractivity contribution < 1.29 is 5.48 Å². The van der Waals surface area contributed by atoms with Crippen molar-refractivity contribution in [3.63, 3.8) is 0 Å². The predicted molar refractivity (Wildman–Crippen MR) is 173 cm³/mol. The Morgan fingerprint density at radius 2 is 0.925 bits per heavy atom. The highest BCUT2D eigenvalue weighted by Crippen LogP contribution is 2.46. The van der Waals surface area contributed by atoms with E-state index in [2.05, 4.69) is 103 Å². The van der Waals surface area contributed by atoms with Crippen LogP contribution < -0.4 is 0 Å². The van der Waals surface area contributed by atoms with Gasteiger partial charge in [0.25, 0.3) is 0 Å². The van der Waals surface area contributed by atoms with E-state index in [0.717, 1.165) is 43.6 Å².